The maximum atomic E-state index is 13.9. The van der Waals surface area contributed by atoms with Crippen LogP contribution in [-0.4, -0.2) is 77.9 Å². The molecule has 0 radical (unpaired) electrons. The number of rotatable bonds is 3. The summed E-state index contributed by atoms with van der Waals surface area (Å²) in [6, 6.07) is 6.28. The number of nitrogens with one attached hydrogen (secondary N) is 2. The zero-order valence-electron chi connectivity index (χ0n) is 20.5. The summed E-state index contributed by atoms with van der Waals surface area (Å²) < 4.78 is 1.85. The summed E-state index contributed by atoms with van der Waals surface area (Å²) in [5.41, 5.74) is 2.46. The molecule has 2 saturated heterocycles. The van der Waals surface area contributed by atoms with Crippen molar-refractivity contribution in [1.82, 2.24) is 34.3 Å². The van der Waals surface area contributed by atoms with Crippen LogP contribution in [0, 0.1) is 0 Å². The highest BCUT2D eigenvalue weighted by molar-refractivity contribution is 6.03. The number of H-pyrrole nitrogens is 1. The molecule has 3 aromatic rings. The highest BCUT2D eigenvalue weighted by Crippen LogP contribution is 2.44. The fourth-order valence-corrected chi connectivity index (χ4v) is 6.02. The van der Waals surface area contributed by atoms with Crippen LogP contribution in [-0.2, 0) is 12.1 Å². The van der Waals surface area contributed by atoms with E-state index in [1.54, 1.807) is 12.4 Å². The van der Waals surface area contributed by atoms with E-state index in [0.717, 1.165) is 49.2 Å². The summed E-state index contributed by atoms with van der Waals surface area (Å²) in [5.74, 6) is 0.141. The molecule has 35 heavy (non-hydrogen) atoms. The van der Waals surface area contributed by atoms with Crippen molar-refractivity contribution >= 4 is 23.3 Å². The Labute approximate surface area is 204 Å². The van der Waals surface area contributed by atoms with E-state index >= 15 is 0 Å². The van der Waals surface area contributed by atoms with Gasteiger partial charge in [-0.05, 0) is 57.9 Å². The number of anilines is 1. The van der Waals surface area contributed by atoms with E-state index in [-0.39, 0.29) is 18.0 Å². The van der Waals surface area contributed by atoms with Crippen molar-refractivity contribution in [3.8, 4) is 0 Å². The average Bonchev–Trinajstić information content (AvgIpc) is 3.63. The molecule has 10 nitrogen and oxygen atoms in total. The normalized spacial score (nSPS) is 26.3. The van der Waals surface area contributed by atoms with Gasteiger partial charge in [0.1, 0.15) is 5.69 Å². The average molecular weight is 477 g/mol. The molecule has 3 amide bonds. The SMILES string of the molecule is CCC1(C)c2[nH]nc(NC(=O)c3cc4cccn4cn3)c2CN1C(=O)N1CC2CCCN2CC1C. The Morgan fingerprint density at radius 2 is 2.17 bits per heavy atom. The van der Waals surface area contributed by atoms with Gasteiger partial charge in [-0.3, -0.25) is 14.8 Å². The molecule has 3 aliphatic rings. The standard InChI is InChI=1S/C25H32N8O2/c1-4-25(3)21-19(14-33(25)24(35)32-13-18-8-6-9-30(18)12-16(32)2)22(29-28-21)27-23(34)20-11-17-7-5-10-31(17)15-26-20/h5,7,10-11,15-16,18H,4,6,8-9,12-14H2,1-3H3,(H2,27,28,29,34). The number of urea groups is 1. The summed E-state index contributed by atoms with van der Waals surface area (Å²) in [4.78, 5) is 37.7. The first-order valence-corrected chi connectivity index (χ1v) is 12.5. The van der Waals surface area contributed by atoms with Crippen molar-refractivity contribution in [2.75, 3.05) is 25.0 Å². The van der Waals surface area contributed by atoms with E-state index in [0.29, 0.717) is 24.1 Å². The molecule has 3 aromatic heterocycles. The smallest absolute Gasteiger partial charge is 0.319 e. The van der Waals surface area contributed by atoms with Crippen LogP contribution < -0.4 is 5.32 Å². The Morgan fingerprint density at radius 3 is 3.00 bits per heavy atom. The van der Waals surface area contributed by atoms with Gasteiger partial charge < -0.3 is 19.5 Å². The molecule has 0 bridgehead atoms. The second-order valence-corrected chi connectivity index (χ2v) is 10.3. The van der Waals surface area contributed by atoms with E-state index in [2.05, 4.69) is 51.1 Å². The van der Waals surface area contributed by atoms with Gasteiger partial charge in [-0.2, -0.15) is 5.10 Å². The van der Waals surface area contributed by atoms with Crippen LogP contribution in [0.15, 0.2) is 30.7 Å². The number of piperazine rings is 1. The zero-order chi connectivity index (χ0) is 24.3. The van der Waals surface area contributed by atoms with Crippen LogP contribution in [0.3, 0.4) is 0 Å². The molecule has 2 N–H and O–H groups in total. The Hall–Kier alpha value is -3.40. The van der Waals surface area contributed by atoms with E-state index < -0.39 is 5.54 Å². The number of hydrogen-bond donors (Lipinski definition) is 2. The van der Waals surface area contributed by atoms with Crippen LogP contribution in [0.1, 0.15) is 61.8 Å². The third-order valence-corrected chi connectivity index (χ3v) is 8.30. The first kappa shape index (κ1) is 22.1. The number of carbonyl (C=O) groups excluding carboxylic acids is 2. The molecule has 10 heteroatoms. The zero-order valence-corrected chi connectivity index (χ0v) is 20.5. The Balaban J connectivity index is 1.24. The van der Waals surface area contributed by atoms with Gasteiger partial charge >= 0.3 is 6.03 Å². The monoisotopic (exact) mass is 476 g/mol. The van der Waals surface area contributed by atoms with Crippen LogP contribution in [0.4, 0.5) is 10.6 Å². The minimum absolute atomic E-state index is 0.0654. The second-order valence-electron chi connectivity index (χ2n) is 10.3. The molecular formula is C25H32N8O2. The summed E-state index contributed by atoms with van der Waals surface area (Å²) in [5, 5.41) is 10.5. The van der Waals surface area contributed by atoms with Crippen molar-refractivity contribution in [2.45, 2.75) is 64.2 Å². The molecule has 0 spiro atoms. The summed E-state index contributed by atoms with van der Waals surface area (Å²) >= 11 is 0. The van der Waals surface area contributed by atoms with Gasteiger partial charge in [-0.15, -0.1) is 0 Å². The predicted molar refractivity (Wildman–Crippen MR) is 131 cm³/mol. The first-order chi connectivity index (χ1) is 16.9. The summed E-state index contributed by atoms with van der Waals surface area (Å²) in [6.45, 7) is 9.57. The molecule has 184 valence electrons. The third-order valence-electron chi connectivity index (χ3n) is 8.30. The minimum atomic E-state index is -0.516. The van der Waals surface area contributed by atoms with Crippen molar-refractivity contribution in [3.63, 3.8) is 0 Å². The van der Waals surface area contributed by atoms with Gasteiger partial charge in [0.05, 0.1) is 24.1 Å². The largest absolute Gasteiger partial charge is 0.321 e. The predicted octanol–water partition coefficient (Wildman–Crippen LogP) is 3.04. The summed E-state index contributed by atoms with van der Waals surface area (Å²) in [6.07, 6.45) is 6.62. The molecule has 3 aliphatic heterocycles. The molecule has 6 rings (SSSR count). The molecule has 6 heterocycles. The molecule has 3 atom stereocenters. The van der Waals surface area contributed by atoms with Gasteiger partial charge in [0.2, 0.25) is 0 Å². The number of amides is 3. The van der Waals surface area contributed by atoms with E-state index in [1.165, 1.54) is 6.42 Å². The fraction of sp³-hybridized carbons (Fsp3) is 0.520. The third kappa shape index (κ3) is 3.42. The van der Waals surface area contributed by atoms with Gasteiger partial charge in [0.15, 0.2) is 5.82 Å². The van der Waals surface area contributed by atoms with Crippen LogP contribution >= 0.6 is 0 Å². The van der Waals surface area contributed by atoms with Crippen molar-refractivity contribution < 1.29 is 9.59 Å². The number of aromatic nitrogens is 4. The Morgan fingerprint density at radius 1 is 1.31 bits per heavy atom. The van der Waals surface area contributed by atoms with E-state index in [1.807, 2.05) is 27.6 Å². The molecular weight excluding hydrogens is 444 g/mol. The van der Waals surface area contributed by atoms with E-state index in [9.17, 15) is 9.59 Å². The van der Waals surface area contributed by atoms with E-state index in [4.69, 9.17) is 0 Å². The van der Waals surface area contributed by atoms with Crippen LogP contribution in [0.2, 0.25) is 0 Å². The van der Waals surface area contributed by atoms with Crippen molar-refractivity contribution in [3.05, 3.63) is 47.7 Å². The summed E-state index contributed by atoms with van der Waals surface area (Å²) in [7, 11) is 0. The fourth-order valence-electron chi connectivity index (χ4n) is 6.02. The topological polar surface area (TPSA) is 102 Å². The van der Waals surface area contributed by atoms with Crippen molar-refractivity contribution in [2.24, 2.45) is 0 Å². The van der Waals surface area contributed by atoms with Crippen LogP contribution in [0.25, 0.3) is 5.52 Å². The second kappa shape index (κ2) is 8.08. The number of nitrogens with zero attached hydrogens (tertiary/aromatic N) is 6. The number of carbonyl (C=O) groups is 2. The molecule has 0 aliphatic carbocycles. The maximum Gasteiger partial charge on any atom is 0.321 e. The number of fused-ring (bicyclic) bond motifs is 3. The lowest BCUT2D eigenvalue weighted by Gasteiger charge is -2.46. The lowest BCUT2D eigenvalue weighted by atomic mass is 9.94. The van der Waals surface area contributed by atoms with Gasteiger partial charge in [0.25, 0.3) is 5.91 Å². The number of aromatic amines is 1. The molecule has 0 aromatic carbocycles. The molecule has 3 unspecified atom stereocenters. The quantitative estimate of drug-likeness (QED) is 0.605. The highest BCUT2D eigenvalue weighted by Gasteiger charge is 2.49. The highest BCUT2D eigenvalue weighted by atomic mass is 16.2. The van der Waals surface area contributed by atoms with Crippen molar-refractivity contribution in [1.29, 1.82) is 0 Å². The maximum absolute atomic E-state index is 13.9. The van der Waals surface area contributed by atoms with Crippen LogP contribution in [0.5, 0.6) is 0 Å². The lowest BCUT2D eigenvalue weighted by Crippen LogP contribution is -2.60. The van der Waals surface area contributed by atoms with Gasteiger partial charge in [-0.25, -0.2) is 9.78 Å². The Bertz CT molecular complexity index is 1300. The molecule has 2 fully saturated rings. The lowest BCUT2D eigenvalue weighted by molar-refractivity contribution is 0.0409. The molecule has 0 saturated carbocycles. The first-order valence-electron chi connectivity index (χ1n) is 12.5. The van der Waals surface area contributed by atoms with Gasteiger partial charge in [-0.1, -0.05) is 6.92 Å². The minimum Gasteiger partial charge on any atom is -0.319 e. The number of hydrogen-bond acceptors (Lipinski definition) is 5. The Kier molecular flexibility index (Phi) is 5.10. The van der Waals surface area contributed by atoms with Gasteiger partial charge in [0, 0.05) is 42.5 Å².